The Kier molecular flexibility index (Phi) is 3.27. The summed E-state index contributed by atoms with van der Waals surface area (Å²) in [6, 6.07) is 4.41. The van der Waals surface area contributed by atoms with Crippen molar-refractivity contribution in [2.45, 2.75) is 31.8 Å². The van der Waals surface area contributed by atoms with Gasteiger partial charge >= 0.3 is 0 Å². The van der Waals surface area contributed by atoms with Crippen LogP contribution in [0.1, 0.15) is 29.0 Å². The van der Waals surface area contributed by atoms with E-state index in [4.69, 9.17) is 0 Å². The van der Waals surface area contributed by atoms with Gasteiger partial charge in [0.05, 0.1) is 17.1 Å². The van der Waals surface area contributed by atoms with Crippen molar-refractivity contribution in [2.24, 2.45) is 0 Å². The van der Waals surface area contributed by atoms with Crippen molar-refractivity contribution in [3.8, 4) is 6.07 Å². The standard InChI is InChI=1S/C16H18N6O/c1-10-19-14-13(4-5-18-15(14)20-10)16(23)21-6-7-22(11-2-3-11)12(8-17)9-21/h4-5,11-12H,2-3,6-7,9H2,1H3,(H,18,19,20). The van der Waals surface area contributed by atoms with E-state index in [1.807, 2.05) is 6.92 Å². The van der Waals surface area contributed by atoms with Crippen molar-refractivity contribution in [3.63, 3.8) is 0 Å². The van der Waals surface area contributed by atoms with Gasteiger partial charge in [0, 0.05) is 31.9 Å². The summed E-state index contributed by atoms with van der Waals surface area (Å²) in [5.41, 5.74) is 1.81. The largest absolute Gasteiger partial charge is 0.340 e. The Morgan fingerprint density at radius 2 is 2.26 bits per heavy atom. The van der Waals surface area contributed by atoms with Gasteiger partial charge in [-0.25, -0.2) is 9.97 Å². The Morgan fingerprint density at radius 3 is 3.00 bits per heavy atom. The lowest BCUT2D eigenvalue weighted by molar-refractivity contribution is 0.0552. The normalized spacial score (nSPS) is 22.3. The van der Waals surface area contributed by atoms with E-state index in [0.29, 0.717) is 35.9 Å². The van der Waals surface area contributed by atoms with Crippen LogP contribution >= 0.6 is 0 Å². The Hall–Kier alpha value is -2.46. The smallest absolute Gasteiger partial charge is 0.256 e. The van der Waals surface area contributed by atoms with E-state index in [2.05, 4.69) is 25.9 Å². The van der Waals surface area contributed by atoms with Gasteiger partial charge in [0.25, 0.3) is 5.91 Å². The third-order valence-corrected chi connectivity index (χ3v) is 4.61. The zero-order chi connectivity index (χ0) is 16.0. The molecule has 1 saturated heterocycles. The molecule has 0 aromatic carbocycles. The first-order chi connectivity index (χ1) is 11.2. The van der Waals surface area contributed by atoms with Gasteiger partial charge in [-0.3, -0.25) is 9.69 Å². The number of piperazine rings is 1. The third-order valence-electron chi connectivity index (χ3n) is 4.61. The van der Waals surface area contributed by atoms with Gasteiger partial charge in [-0.1, -0.05) is 0 Å². The number of hydrogen-bond donors (Lipinski definition) is 1. The number of carbonyl (C=O) groups is 1. The summed E-state index contributed by atoms with van der Waals surface area (Å²) in [5.74, 6) is 0.679. The molecule has 118 valence electrons. The maximum atomic E-state index is 12.9. The number of H-pyrrole nitrogens is 1. The van der Waals surface area contributed by atoms with Crippen LogP contribution < -0.4 is 0 Å². The molecule has 0 spiro atoms. The number of aromatic nitrogens is 3. The number of pyridine rings is 1. The molecule has 3 heterocycles. The second-order valence-corrected chi connectivity index (χ2v) is 6.24. The third kappa shape index (κ3) is 2.45. The van der Waals surface area contributed by atoms with Crippen LogP contribution in [0, 0.1) is 18.3 Å². The fourth-order valence-electron chi connectivity index (χ4n) is 3.31. The van der Waals surface area contributed by atoms with Crippen molar-refractivity contribution < 1.29 is 4.79 Å². The number of nitriles is 1. The van der Waals surface area contributed by atoms with Gasteiger partial charge in [0.2, 0.25) is 0 Å². The van der Waals surface area contributed by atoms with E-state index in [1.165, 1.54) is 12.8 Å². The van der Waals surface area contributed by atoms with Gasteiger partial charge in [0.15, 0.2) is 5.65 Å². The van der Waals surface area contributed by atoms with Crippen LogP contribution in [0.5, 0.6) is 0 Å². The van der Waals surface area contributed by atoms with E-state index in [0.717, 1.165) is 12.4 Å². The quantitative estimate of drug-likeness (QED) is 0.896. The van der Waals surface area contributed by atoms with Crippen molar-refractivity contribution in [2.75, 3.05) is 19.6 Å². The summed E-state index contributed by atoms with van der Waals surface area (Å²) >= 11 is 0. The minimum atomic E-state index is -0.207. The van der Waals surface area contributed by atoms with E-state index >= 15 is 0 Å². The number of hydrogen-bond acceptors (Lipinski definition) is 5. The number of aryl methyl sites for hydroxylation is 1. The van der Waals surface area contributed by atoms with Crippen LogP contribution in [0.2, 0.25) is 0 Å². The van der Waals surface area contributed by atoms with Crippen LogP contribution in [0.25, 0.3) is 11.2 Å². The van der Waals surface area contributed by atoms with Crippen LogP contribution in [-0.4, -0.2) is 62.4 Å². The van der Waals surface area contributed by atoms with E-state index in [1.54, 1.807) is 17.2 Å². The van der Waals surface area contributed by atoms with E-state index in [9.17, 15) is 10.1 Å². The lowest BCUT2D eigenvalue weighted by Crippen LogP contribution is -2.54. The number of aromatic amines is 1. The molecular weight excluding hydrogens is 292 g/mol. The summed E-state index contributed by atoms with van der Waals surface area (Å²) < 4.78 is 0. The van der Waals surface area contributed by atoms with Gasteiger partial charge < -0.3 is 9.88 Å². The van der Waals surface area contributed by atoms with E-state index < -0.39 is 0 Å². The Balaban J connectivity index is 1.60. The molecule has 1 aliphatic carbocycles. The highest BCUT2D eigenvalue weighted by Crippen LogP contribution is 2.30. The van der Waals surface area contributed by atoms with Crippen molar-refractivity contribution in [1.29, 1.82) is 5.26 Å². The topological polar surface area (TPSA) is 88.9 Å². The molecule has 7 heteroatoms. The number of rotatable bonds is 2. The maximum Gasteiger partial charge on any atom is 0.256 e. The predicted octanol–water partition coefficient (Wildman–Crippen LogP) is 1.08. The summed E-state index contributed by atoms with van der Waals surface area (Å²) in [5, 5.41) is 9.43. The Bertz CT molecular complexity index is 802. The second-order valence-electron chi connectivity index (χ2n) is 6.24. The zero-order valence-electron chi connectivity index (χ0n) is 13.0. The average molecular weight is 310 g/mol. The maximum absolute atomic E-state index is 12.9. The average Bonchev–Trinajstić information content (AvgIpc) is 3.33. The lowest BCUT2D eigenvalue weighted by Gasteiger charge is -2.38. The Morgan fingerprint density at radius 1 is 1.43 bits per heavy atom. The Labute approximate surface area is 133 Å². The first-order valence-electron chi connectivity index (χ1n) is 7.93. The fraction of sp³-hybridized carbons (Fsp3) is 0.500. The zero-order valence-corrected chi connectivity index (χ0v) is 13.0. The number of fused-ring (bicyclic) bond motifs is 1. The first-order valence-corrected chi connectivity index (χ1v) is 7.93. The van der Waals surface area contributed by atoms with Gasteiger partial charge in [0.1, 0.15) is 11.9 Å². The molecule has 2 aromatic rings. The highest BCUT2D eigenvalue weighted by atomic mass is 16.2. The van der Waals surface area contributed by atoms with Gasteiger partial charge in [-0.05, 0) is 25.8 Å². The van der Waals surface area contributed by atoms with Crippen molar-refractivity contribution >= 4 is 17.1 Å². The van der Waals surface area contributed by atoms with Gasteiger partial charge in [-0.15, -0.1) is 0 Å². The molecule has 1 unspecified atom stereocenters. The molecule has 1 aliphatic heterocycles. The molecule has 0 radical (unpaired) electrons. The summed E-state index contributed by atoms with van der Waals surface area (Å²) in [6.07, 6.45) is 3.95. The van der Waals surface area contributed by atoms with E-state index in [-0.39, 0.29) is 11.9 Å². The van der Waals surface area contributed by atoms with Crippen LogP contribution in [0.3, 0.4) is 0 Å². The summed E-state index contributed by atoms with van der Waals surface area (Å²) in [6.45, 7) is 3.73. The molecule has 1 saturated carbocycles. The van der Waals surface area contributed by atoms with Crippen LogP contribution in [-0.2, 0) is 0 Å². The molecule has 7 nitrogen and oxygen atoms in total. The molecule has 23 heavy (non-hydrogen) atoms. The van der Waals surface area contributed by atoms with Crippen molar-refractivity contribution in [1.82, 2.24) is 24.8 Å². The number of amides is 1. The molecule has 1 N–H and O–H groups in total. The SMILES string of the molecule is Cc1nc2nccc(C(=O)N3CCN(C4CC4)C(C#N)C3)c2[nH]1. The molecule has 0 bridgehead atoms. The second kappa shape index (κ2) is 5.32. The molecule has 1 atom stereocenters. The monoisotopic (exact) mass is 310 g/mol. The summed E-state index contributed by atoms with van der Waals surface area (Å²) in [7, 11) is 0. The highest BCUT2D eigenvalue weighted by Gasteiger charge is 2.38. The molecule has 1 amide bonds. The number of nitrogens with zero attached hydrogens (tertiary/aromatic N) is 5. The van der Waals surface area contributed by atoms with Crippen molar-refractivity contribution in [3.05, 3.63) is 23.7 Å². The van der Waals surface area contributed by atoms with Crippen LogP contribution in [0.4, 0.5) is 0 Å². The minimum absolute atomic E-state index is 0.0586. The first kappa shape index (κ1) is 14.2. The lowest BCUT2D eigenvalue weighted by atomic mass is 10.1. The molecule has 2 aliphatic rings. The highest BCUT2D eigenvalue weighted by molar-refractivity contribution is 6.04. The fourth-order valence-corrected chi connectivity index (χ4v) is 3.31. The summed E-state index contributed by atoms with van der Waals surface area (Å²) in [4.78, 5) is 28.5. The van der Waals surface area contributed by atoms with Gasteiger partial charge in [-0.2, -0.15) is 5.26 Å². The molecule has 2 fully saturated rings. The number of imidazole rings is 1. The molecule has 4 rings (SSSR count). The number of nitrogens with one attached hydrogen (secondary N) is 1. The molecular formula is C16H18N6O. The predicted molar refractivity (Wildman–Crippen MR) is 83.7 cm³/mol. The molecule has 2 aromatic heterocycles. The minimum Gasteiger partial charge on any atom is -0.340 e. The number of carbonyl (C=O) groups excluding carboxylic acids is 1. The van der Waals surface area contributed by atoms with Crippen LogP contribution in [0.15, 0.2) is 12.3 Å².